The van der Waals surface area contributed by atoms with E-state index >= 15 is 0 Å². The molecule has 0 aliphatic carbocycles. The summed E-state index contributed by atoms with van der Waals surface area (Å²) in [6, 6.07) is 6.04. The van der Waals surface area contributed by atoms with Crippen LogP contribution in [0.5, 0.6) is 0 Å². The van der Waals surface area contributed by atoms with Gasteiger partial charge >= 0.3 is 0 Å². The van der Waals surface area contributed by atoms with Crippen molar-refractivity contribution in [3.05, 3.63) is 93.6 Å². The summed E-state index contributed by atoms with van der Waals surface area (Å²) >= 11 is 0. The fourth-order valence-electron chi connectivity index (χ4n) is 5.20. The van der Waals surface area contributed by atoms with E-state index in [1.807, 2.05) is 69.4 Å². The number of hydrogen-bond donors (Lipinski definition) is 1. The molecule has 1 aromatic carbocycles. The minimum atomic E-state index is 0.0375. The molecule has 7 heteroatoms. The summed E-state index contributed by atoms with van der Waals surface area (Å²) in [5, 5.41) is 3.01. The number of rotatable bonds is 10. The van der Waals surface area contributed by atoms with Gasteiger partial charge in [-0.3, -0.25) is 19.5 Å². The van der Waals surface area contributed by atoms with Crippen LogP contribution in [-0.4, -0.2) is 74.8 Å². The van der Waals surface area contributed by atoms with Gasteiger partial charge in [0.05, 0.1) is 5.69 Å². The third kappa shape index (κ3) is 9.02. The molecule has 0 bridgehead atoms. The van der Waals surface area contributed by atoms with E-state index in [4.69, 9.17) is 0 Å². The van der Waals surface area contributed by atoms with Crippen molar-refractivity contribution in [2.75, 3.05) is 52.7 Å². The third-order valence-corrected chi connectivity index (χ3v) is 7.22. The number of benzene rings is 1. The van der Waals surface area contributed by atoms with Crippen molar-refractivity contribution in [3.63, 3.8) is 0 Å². The molecule has 7 nitrogen and oxygen atoms in total. The van der Waals surface area contributed by atoms with Crippen LogP contribution >= 0.6 is 0 Å². The Morgan fingerprint density at radius 1 is 1.12 bits per heavy atom. The molecule has 0 saturated carbocycles. The number of pyridine rings is 1. The summed E-state index contributed by atoms with van der Waals surface area (Å²) in [6.45, 7) is 15.1. The Morgan fingerprint density at radius 2 is 1.79 bits per heavy atom. The molecule has 0 radical (unpaired) electrons. The molecule has 1 aliphatic rings. The fourth-order valence-corrected chi connectivity index (χ4v) is 5.20. The first-order chi connectivity index (χ1) is 20.0. The molecule has 0 fully saturated rings. The highest BCUT2D eigenvalue weighted by molar-refractivity contribution is 5.95. The number of carbonyl (C=O) groups is 2. The number of hydrogen-bond acceptors (Lipinski definition) is 6. The maximum absolute atomic E-state index is 12.5. The Hall–Kier alpha value is -3.97. The standard InChI is InChI=1S/C33H43N5O2.C2H6/c1-23(19-30-26(4)35-14-9-31(30)37(8)15-12-29(34-5)13-18-39)22-38-16-10-27(11-17-38)32-24(2)20-28(21-25(32)3)33(40)36(6)7;1-2/h9-10,12-15,18-21,34H,11,16-17,22H2,1-8H3;1-2H3/b15-12-,23-19+,29-13+;. The lowest BCUT2D eigenvalue weighted by molar-refractivity contribution is -0.104. The van der Waals surface area contributed by atoms with Crippen molar-refractivity contribution in [1.29, 1.82) is 0 Å². The average molecular weight is 572 g/mol. The number of allylic oxidation sites excluding steroid dienone is 2. The minimum absolute atomic E-state index is 0.0375. The lowest BCUT2D eigenvalue weighted by Crippen LogP contribution is -2.30. The summed E-state index contributed by atoms with van der Waals surface area (Å²) in [5.74, 6) is 0.0375. The molecule has 0 unspecified atom stereocenters. The molecule has 2 aromatic rings. The lowest BCUT2D eigenvalue weighted by Gasteiger charge is -2.28. The van der Waals surface area contributed by atoms with Crippen molar-refractivity contribution >= 4 is 29.5 Å². The van der Waals surface area contributed by atoms with Gasteiger partial charge in [0, 0.05) is 88.8 Å². The second kappa shape index (κ2) is 16.5. The van der Waals surface area contributed by atoms with Gasteiger partial charge in [-0.15, -0.1) is 0 Å². The zero-order valence-corrected chi connectivity index (χ0v) is 27.2. The number of anilines is 1. The Morgan fingerprint density at radius 3 is 2.33 bits per heavy atom. The van der Waals surface area contributed by atoms with Crippen molar-refractivity contribution in [1.82, 2.24) is 20.1 Å². The largest absolute Gasteiger partial charge is 0.388 e. The zero-order chi connectivity index (χ0) is 31.4. The van der Waals surface area contributed by atoms with Crippen molar-refractivity contribution in [2.45, 2.75) is 48.0 Å². The monoisotopic (exact) mass is 571 g/mol. The molecule has 1 amide bonds. The minimum Gasteiger partial charge on any atom is -0.388 e. The van der Waals surface area contributed by atoms with Gasteiger partial charge in [0.1, 0.15) is 6.29 Å². The quantitative estimate of drug-likeness (QED) is 0.209. The van der Waals surface area contributed by atoms with Crippen molar-refractivity contribution in [2.24, 2.45) is 0 Å². The highest BCUT2D eigenvalue weighted by Crippen LogP contribution is 2.30. The number of nitrogens with one attached hydrogen (secondary N) is 1. The number of amides is 1. The van der Waals surface area contributed by atoms with Gasteiger partial charge in [-0.05, 0) is 80.7 Å². The Balaban J connectivity index is 0.00000301. The van der Waals surface area contributed by atoms with E-state index in [1.54, 1.807) is 26.0 Å². The molecular formula is C35H49N5O2. The molecule has 2 heterocycles. The van der Waals surface area contributed by atoms with Gasteiger partial charge in [0.25, 0.3) is 5.91 Å². The average Bonchev–Trinajstić information content (AvgIpc) is 2.97. The second-order valence-electron chi connectivity index (χ2n) is 10.7. The third-order valence-electron chi connectivity index (χ3n) is 7.22. The fraction of sp³-hybridized carbons (Fsp3) is 0.400. The Kier molecular flexibility index (Phi) is 13.4. The highest BCUT2D eigenvalue weighted by Gasteiger charge is 2.19. The number of carbonyl (C=O) groups excluding carboxylic acids is 2. The van der Waals surface area contributed by atoms with Gasteiger partial charge in [-0.1, -0.05) is 31.6 Å². The number of aryl methyl sites for hydroxylation is 3. The molecule has 3 rings (SSSR count). The smallest absolute Gasteiger partial charge is 0.253 e. The predicted octanol–water partition coefficient (Wildman–Crippen LogP) is 6.18. The molecule has 226 valence electrons. The number of nitrogens with zero attached hydrogens (tertiary/aromatic N) is 4. The van der Waals surface area contributed by atoms with E-state index in [-0.39, 0.29) is 5.91 Å². The van der Waals surface area contributed by atoms with E-state index in [9.17, 15) is 9.59 Å². The number of aromatic nitrogens is 1. The van der Waals surface area contributed by atoms with Crippen LogP contribution < -0.4 is 10.2 Å². The topological polar surface area (TPSA) is 68.8 Å². The van der Waals surface area contributed by atoms with Crippen LogP contribution in [0.3, 0.4) is 0 Å². The van der Waals surface area contributed by atoms with Gasteiger partial charge in [0.15, 0.2) is 0 Å². The van der Waals surface area contributed by atoms with E-state index in [0.29, 0.717) is 0 Å². The normalized spacial score (nSPS) is 14.2. The zero-order valence-electron chi connectivity index (χ0n) is 27.2. The first-order valence-electron chi connectivity index (χ1n) is 14.7. The Labute approximate surface area is 253 Å². The van der Waals surface area contributed by atoms with Gasteiger partial charge in [0.2, 0.25) is 0 Å². The predicted molar refractivity (Wildman–Crippen MR) is 178 cm³/mol. The number of aldehydes is 1. The van der Waals surface area contributed by atoms with E-state index in [0.717, 1.165) is 71.7 Å². The summed E-state index contributed by atoms with van der Waals surface area (Å²) in [4.78, 5) is 34.0. The van der Waals surface area contributed by atoms with E-state index < -0.39 is 0 Å². The molecule has 1 aliphatic heterocycles. The van der Waals surface area contributed by atoms with Crippen molar-refractivity contribution < 1.29 is 9.59 Å². The Bertz CT molecular complexity index is 1340. The van der Waals surface area contributed by atoms with Crippen LogP contribution in [0.25, 0.3) is 11.6 Å². The SMILES string of the molecule is CC.CNC(/C=C\N(C)c1ccnc(C)c1/C=C(\C)CN1CC=C(c2c(C)cc(C(=O)N(C)C)cc2C)CC1)=C/C=O. The van der Waals surface area contributed by atoms with E-state index in [1.165, 1.54) is 22.8 Å². The summed E-state index contributed by atoms with van der Waals surface area (Å²) in [6.07, 6.45) is 13.5. The molecule has 42 heavy (non-hydrogen) atoms. The van der Waals surface area contributed by atoms with Crippen LogP contribution in [0.4, 0.5) is 5.69 Å². The summed E-state index contributed by atoms with van der Waals surface area (Å²) < 4.78 is 0. The highest BCUT2D eigenvalue weighted by atomic mass is 16.2. The summed E-state index contributed by atoms with van der Waals surface area (Å²) in [5.41, 5.74) is 10.8. The van der Waals surface area contributed by atoms with Crippen LogP contribution in [0, 0.1) is 20.8 Å². The van der Waals surface area contributed by atoms with Crippen molar-refractivity contribution in [3.8, 4) is 0 Å². The first kappa shape index (κ1) is 34.2. The molecule has 1 N–H and O–H groups in total. The van der Waals surface area contributed by atoms with Gasteiger partial charge in [-0.2, -0.15) is 0 Å². The van der Waals surface area contributed by atoms with Crippen LogP contribution in [0.1, 0.15) is 65.5 Å². The maximum atomic E-state index is 12.5. The first-order valence-corrected chi connectivity index (χ1v) is 14.7. The molecule has 0 atom stereocenters. The summed E-state index contributed by atoms with van der Waals surface area (Å²) in [7, 11) is 7.36. The maximum Gasteiger partial charge on any atom is 0.253 e. The van der Waals surface area contributed by atoms with Gasteiger partial charge in [-0.25, -0.2) is 0 Å². The van der Waals surface area contributed by atoms with E-state index in [2.05, 4.69) is 48.1 Å². The van der Waals surface area contributed by atoms with Gasteiger partial charge < -0.3 is 15.1 Å². The molecule has 1 aromatic heterocycles. The van der Waals surface area contributed by atoms with Crippen LogP contribution in [0.2, 0.25) is 0 Å². The molecule has 0 saturated heterocycles. The van der Waals surface area contributed by atoms with Crippen LogP contribution in [0.15, 0.2) is 60.1 Å². The van der Waals surface area contributed by atoms with Crippen LogP contribution in [-0.2, 0) is 4.79 Å². The lowest BCUT2D eigenvalue weighted by atomic mass is 9.90. The molecular weight excluding hydrogens is 522 g/mol. The number of likely N-dealkylation sites (N-methyl/N-ethyl adjacent to an activating group) is 1. The second-order valence-corrected chi connectivity index (χ2v) is 10.7. The molecule has 0 spiro atoms.